The first kappa shape index (κ1) is 22.6. The number of esters is 1. The number of carbonyl (C=O) groups excluding carboxylic acids is 3. The van der Waals surface area contributed by atoms with E-state index in [1.54, 1.807) is 11.8 Å². The van der Waals surface area contributed by atoms with Gasteiger partial charge in [-0.25, -0.2) is 4.79 Å². The van der Waals surface area contributed by atoms with Gasteiger partial charge in [-0.3, -0.25) is 9.59 Å². The topological polar surface area (TPSA) is 97.0 Å². The summed E-state index contributed by atoms with van der Waals surface area (Å²) in [4.78, 5) is 39.7. The van der Waals surface area contributed by atoms with Crippen molar-refractivity contribution in [3.8, 4) is 5.75 Å². The Bertz CT molecular complexity index is 997. The second kappa shape index (κ2) is 10.4. The van der Waals surface area contributed by atoms with E-state index < -0.39 is 18.0 Å². The molecule has 8 heteroatoms. The summed E-state index contributed by atoms with van der Waals surface area (Å²) in [5.74, 6) is -0.504. The van der Waals surface area contributed by atoms with E-state index in [0.717, 1.165) is 11.3 Å². The van der Waals surface area contributed by atoms with Gasteiger partial charge in [0, 0.05) is 30.8 Å². The predicted molar refractivity (Wildman–Crippen MR) is 123 cm³/mol. The van der Waals surface area contributed by atoms with Crippen molar-refractivity contribution in [2.24, 2.45) is 5.92 Å². The molecule has 2 aromatic rings. The number of benzene rings is 2. The molecule has 33 heavy (non-hydrogen) atoms. The normalized spacial score (nSPS) is 20.6. The summed E-state index contributed by atoms with van der Waals surface area (Å²) in [5, 5.41) is 5.81. The Morgan fingerprint density at radius 3 is 2.64 bits per heavy atom. The number of fused-ring (bicyclic) bond motifs is 1. The van der Waals surface area contributed by atoms with Crippen LogP contribution in [0, 0.1) is 5.92 Å². The molecule has 3 amide bonds. The van der Waals surface area contributed by atoms with E-state index >= 15 is 0 Å². The van der Waals surface area contributed by atoms with E-state index in [-0.39, 0.29) is 24.5 Å². The maximum absolute atomic E-state index is 12.7. The first-order chi connectivity index (χ1) is 16.0. The number of anilines is 1. The van der Waals surface area contributed by atoms with Crippen molar-refractivity contribution < 1.29 is 23.9 Å². The Hall–Kier alpha value is -3.55. The molecule has 3 unspecified atom stereocenters. The maximum atomic E-state index is 12.7. The summed E-state index contributed by atoms with van der Waals surface area (Å²) < 4.78 is 11.1. The summed E-state index contributed by atoms with van der Waals surface area (Å²) >= 11 is 0. The first-order valence-corrected chi connectivity index (χ1v) is 11.3. The Balaban J connectivity index is 1.29. The third kappa shape index (κ3) is 5.63. The molecular weight excluding hydrogens is 422 g/mol. The fourth-order valence-corrected chi connectivity index (χ4v) is 4.18. The number of hydrogen-bond acceptors (Lipinski definition) is 5. The number of piperidine rings is 1. The number of urea groups is 1. The summed E-state index contributed by atoms with van der Waals surface area (Å²) in [5.41, 5.74) is 1.62. The van der Waals surface area contributed by atoms with E-state index in [1.807, 2.05) is 54.6 Å². The van der Waals surface area contributed by atoms with Crippen LogP contribution in [0.4, 0.5) is 10.5 Å². The first-order valence-electron chi connectivity index (χ1n) is 11.3. The van der Waals surface area contributed by atoms with Crippen molar-refractivity contribution in [1.82, 2.24) is 10.2 Å². The number of amides is 3. The molecule has 0 spiro atoms. The van der Waals surface area contributed by atoms with Gasteiger partial charge in [-0.1, -0.05) is 36.4 Å². The van der Waals surface area contributed by atoms with Crippen LogP contribution in [0.15, 0.2) is 54.6 Å². The van der Waals surface area contributed by atoms with Crippen molar-refractivity contribution in [2.75, 3.05) is 25.0 Å². The molecule has 4 rings (SSSR count). The lowest BCUT2D eigenvalue weighted by molar-refractivity contribution is -0.160. The lowest BCUT2D eigenvalue weighted by Crippen LogP contribution is -2.46. The summed E-state index contributed by atoms with van der Waals surface area (Å²) in [6, 6.07) is 16.3. The van der Waals surface area contributed by atoms with Gasteiger partial charge in [-0.2, -0.15) is 0 Å². The van der Waals surface area contributed by atoms with Crippen LogP contribution in [0.5, 0.6) is 5.75 Å². The number of rotatable bonds is 5. The monoisotopic (exact) mass is 451 g/mol. The second-order valence-electron chi connectivity index (χ2n) is 8.40. The molecule has 0 saturated carbocycles. The van der Waals surface area contributed by atoms with Gasteiger partial charge in [0.1, 0.15) is 5.75 Å². The zero-order chi connectivity index (χ0) is 23.2. The number of nitrogens with zero attached hydrogens (tertiary/aromatic N) is 1. The number of hydrogen-bond donors (Lipinski definition) is 2. The lowest BCUT2D eigenvalue weighted by Gasteiger charge is -2.32. The SMILES string of the molecule is CC(OC(=O)C1CCCN(C(=O)Nc2ccccc2)C1)C(=O)NC1CCOc2ccccc21. The van der Waals surface area contributed by atoms with Gasteiger partial charge in [0.25, 0.3) is 5.91 Å². The molecule has 174 valence electrons. The van der Waals surface area contributed by atoms with Crippen LogP contribution >= 0.6 is 0 Å². The highest BCUT2D eigenvalue weighted by atomic mass is 16.5. The van der Waals surface area contributed by atoms with E-state index in [4.69, 9.17) is 9.47 Å². The van der Waals surface area contributed by atoms with Crippen LogP contribution < -0.4 is 15.4 Å². The molecule has 0 aliphatic carbocycles. The molecular formula is C25H29N3O5. The maximum Gasteiger partial charge on any atom is 0.321 e. The van der Waals surface area contributed by atoms with Gasteiger partial charge < -0.3 is 25.0 Å². The molecule has 2 heterocycles. The summed E-state index contributed by atoms with van der Waals surface area (Å²) in [6.45, 7) is 2.92. The standard InChI is InChI=1S/C25H29N3O5/c1-17(23(29)27-21-13-15-32-22-12-6-5-11-20(21)22)33-24(30)18-8-7-14-28(16-18)25(31)26-19-9-3-2-4-10-19/h2-6,9-12,17-18,21H,7-8,13-16H2,1H3,(H,26,31)(H,27,29). The molecule has 2 aliphatic rings. The van der Waals surface area contributed by atoms with Crippen LogP contribution in [0.1, 0.15) is 37.8 Å². The highest BCUT2D eigenvalue weighted by Crippen LogP contribution is 2.31. The van der Waals surface area contributed by atoms with E-state index in [9.17, 15) is 14.4 Å². The molecule has 0 bridgehead atoms. The Labute approximate surface area is 193 Å². The molecule has 0 radical (unpaired) electrons. The largest absolute Gasteiger partial charge is 0.493 e. The molecule has 1 fully saturated rings. The van der Waals surface area contributed by atoms with E-state index in [0.29, 0.717) is 38.1 Å². The Morgan fingerprint density at radius 2 is 1.82 bits per heavy atom. The minimum atomic E-state index is -0.930. The molecule has 1 saturated heterocycles. The van der Waals surface area contributed by atoms with Gasteiger partial charge in [0.05, 0.1) is 18.6 Å². The summed E-state index contributed by atoms with van der Waals surface area (Å²) in [7, 11) is 0. The zero-order valence-corrected chi connectivity index (χ0v) is 18.7. The van der Waals surface area contributed by atoms with Gasteiger partial charge in [0.2, 0.25) is 0 Å². The number of likely N-dealkylation sites (tertiary alicyclic amines) is 1. The van der Waals surface area contributed by atoms with Crippen LogP contribution in [0.25, 0.3) is 0 Å². The van der Waals surface area contributed by atoms with Crippen molar-refractivity contribution in [1.29, 1.82) is 0 Å². The third-order valence-corrected chi connectivity index (χ3v) is 6.00. The van der Waals surface area contributed by atoms with Gasteiger partial charge in [0.15, 0.2) is 6.10 Å². The van der Waals surface area contributed by atoms with Gasteiger partial charge in [-0.15, -0.1) is 0 Å². The number of ether oxygens (including phenoxy) is 2. The van der Waals surface area contributed by atoms with Gasteiger partial charge >= 0.3 is 12.0 Å². The smallest absolute Gasteiger partial charge is 0.321 e. The average Bonchev–Trinajstić information content (AvgIpc) is 2.85. The third-order valence-electron chi connectivity index (χ3n) is 6.00. The molecule has 2 aromatic carbocycles. The summed E-state index contributed by atoms with van der Waals surface area (Å²) in [6.07, 6.45) is 1.04. The van der Waals surface area contributed by atoms with Crippen molar-refractivity contribution in [2.45, 2.75) is 38.3 Å². The van der Waals surface area contributed by atoms with Crippen LogP contribution in [0.3, 0.4) is 0 Å². The zero-order valence-electron chi connectivity index (χ0n) is 18.7. The van der Waals surface area contributed by atoms with E-state index in [2.05, 4.69) is 10.6 Å². The lowest BCUT2D eigenvalue weighted by atomic mass is 9.98. The fourth-order valence-electron chi connectivity index (χ4n) is 4.18. The number of para-hydroxylation sites is 2. The Morgan fingerprint density at radius 1 is 1.06 bits per heavy atom. The highest BCUT2D eigenvalue weighted by molar-refractivity contribution is 5.90. The van der Waals surface area contributed by atoms with Crippen molar-refractivity contribution >= 4 is 23.6 Å². The van der Waals surface area contributed by atoms with Crippen molar-refractivity contribution in [3.63, 3.8) is 0 Å². The van der Waals surface area contributed by atoms with Crippen LogP contribution in [0.2, 0.25) is 0 Å². The minimum Gasteiger partial charge on any atom is -0.493 e. The number of carbonyl (C=O) groups is 3. The van der Waals surface area contributed by atoms with Gasteiger partial charge in [-0.05, 0) is 38.0 Å². The highest BCUT2D eigenvalue weighted by Gasteiger charge is 2.32. The number of nitrogens with one attached hydrogen (secondary N) is 2. The molecule has 0 aromatic heterocycles. The molecule has 8 nitrogen and oxygen atoms in total. The molecule has 3 atom stereocenters. The predicted octanol–water partition coefficient (Wildman–Crippen LogP) is 3.50. The average molecular weight is 452 g/mol. The van der Waals surface area contributed by atoms with Crippen LogP contribution in [-0.2, 0) is 14.3 Å². The van der Waals surface area contributed by atoms with Crippen LogP contribution in [-0.4, -0.2) is 48.6 Å². The quantitative estimate of drug-likeness (QED) is 0.678. The second-order valence-corrected chi connectivity index (χ2v) is 8.40. The molecule has 2 aliphatic heterocycles. The van der Waals surface area contributed by atoms with Crippen molar-refractivity contribution in [3.05, 3.63) is 60.2 Å². The van der Waals surface area contributed by atoms with E-state index in [1.165, 1.54) is 0 Å². The Kier molecular flexibility index (Phi) is 7.12. The molecule has 2 N–H and O–H groups in total. The minimum absolute atomic E-state index is 0.185. The fraction of sp³-hybridized carbons (Fsp3) is 0.400.